The highest BCUT2D eigenvalue weighted by atomic mass is 16.3. The maximum absolute atomic E-state index is 12.3. The van der Waals surface area contributed by atoms with Crippen molar-refractivity contribution in [2.75, 3.05) is 6.54 Å². The number of benzene rings is 1. The molecule has 0 aliphatic heterocycles. The quantitative estimate of drug-likeness (QED) is 0.819. The second-order valence-corrected chi connectivity index (χ2v) is 6.23. The van der Waals surface area contributed by atoms with E-state index in [2.05, 4.69) is 24.3 Å². The largest absolute Gasteiger partial charge is 0.387 e. The van der Waals surface area contributed by atoms with Crippen LogP contribution in [0, 0.1) is 13.8 Å². The summed E-state index contributed by atoms with van der Waals surface area (Å²) in [5.41, 5.74) is 3.26. The van der Waals surface area contributed by atoms with E-state index >= 15 is 0 Å². The van der Waals surface area contributed by atoms with Crippen LogP contribution in [0.15, 0.2) is 30.3 Å². The van der Waals surface area contributed by atoms with Crippen LogP contribution in [0.2, 0.25) is 0 Å². The van der Waals surface area contributed by atoms with Crippen molar-refractivity contribution in [3.8, 4) is 0 Å². The average molecular weight is 329 g/mol. The van der Waals surface area contributed by atoms with Crippen molar-refractivity contribution < 1.29 is 9.90 Å². The molecule has 1 aromatic heterocycles. The van der Waals surface area contributed by atoms with E-state index in [1.54, 1.807) is 6.07 Å². The van der Waals surface area contributed by atoms with Gasteiger partial charge in [0.05, 0.1) is 12.1 Å². The molecule has 2 aromatic rings. The predicted octanol–water partition coefficient (Wildman–Crippen LogP) is 3.32. The van der Waals surface area contributed by atoms with Crippen molar-refractivity contribution in [1.29, 1.82) is 0 Å². The Hall–Kier alpha value is -2.14. The third kappa shape index (κ3) is 4.23. The molecule has 0 fully saturated rings. The predicted molar refractivity (Wildman–Crippen MR) is 95.1 cm³/mol. The van der Waals surface area contributed by atoms with Crippen molar-refractivity contribution in [3.05, 3.63) is 52.8 Å². The van der Waals surface area contributed by atoms with Crippen LogP contribution in [0.5, 0.6) is 0 Å². The monoisotopic (exact) mass is 329 g/mol. The van der Waals surface area contributed by atoms with Gasteiger partial charge in [0.1, 0.15) is 5.69 Å². The van der Waals surface area contributed by atoms with Gasteiger partial charge in [0.15, 0.2) is 0 Å². The number of aromatic nitrogens is 2. The Kier molecular flexibility index (Phi) is 6.15. The zero-order valence-electron chi connectivity index (χ0n) is 14.9. The van der Waals surface area contributed by atoms with E-state index in [-0.39, 0.29) is 12.5 Å². The highest BCUT2D eigenvalue weighted by Crippen LogP contribution is 2.18. The summed E-state index contributed by atoms with van der Waals surface area (Å²) in [6.07, 6.45) is 1.23. The lowest BCUT2D eigenvalue weighted by Crippen LogP contribution is -2.29. The maximum Gasteiger partial charge on any atom is 0.271 e. The Morgan fingerprint density at radius 3 is 2.58 bits per heavy atom. The molecule has 0 aliphatic rings. The fourth-order valence-electron chi connectivity index (χ4n) is 2.88. The Morgan fingerprint density at radius 2 is 1.96 bits per heavy atom. The minimum absolute atomic E-state index is 0.166. The van der Waals surface area contributed by atoms with Crippen molar-refractivity contribution in [3.63, 3.8) is 0 Å². The first-order chi connectivity index (χ1) is 11.5. The molecule has 1 amide bonds. The number of nitrogens with zero attached hydrogens (tertiary/aromatic N) is 2. The van der Waals surface area contributed by atoms with E-state index in [9.17, 15) is 9.90 Å². The van der Waals surface area contributed by atoms with Crippen LogP contribution in [0.4, 0.5) is 0 Å². The van der Waals surface area contributed by atoms with Crippen LogP contribution in [0.3, 0.4) is 0 Å². The summed E-state index contributed by atoms with van der Waals surface area (Å²) < 4.78 is 1.92. The number of aliphatic hydroxyl groups is 1. The fourth-order valence-corrected chi connectivity index (χ4v) is 2.88. The van der Waals surface area contributed by atoms with E-state index in [1.807, 2.05) is 42.8 Å². The van der Waals surface area contributed by atoms with E-state index in [0.717, 1.165) is 29.7 Å². The Bertz CT molecular complexity index is 690. The van der Waals surface area contributed by atoms with Gasteiger partial charge in [-0.3, -0.25) is 9.48 Å². The molecular weight excluding hydrogens is 302 g/mol. The smallest absolute Gasteiger partial charge is 0.271 e. The van der Waals surface area contributed by atoms with Gasteiger partial charge in [-0.15, -0.1) is 0 Å². The minimum atomic E-state index is -0.726. The van der Waals surface area contributed by atoms with Gasteiger partial charge < -0.3 is 10.4 Å². The summed E-state index contributed by atoms with van der Waals surface area (Å²) in [6.45, 7) is 8.34. The minimum Gasteiger partial charge on any atom is -0.387 e. The van der Waals surface area contributed by atoms with Crippen molar-refractivity contribution in [2.45, 2.75) is 52.7 Å². The lowest BCUT2D eigenvalue weighted by atomic mass is 10.1. The number of nitrogens with one attached hydrogen (secondary N) is 1. The summed E-state index contributed by atoms with van der Waals surface area (Å²) in [6, 6.07) is 9.76. The van der Waals surface area contributed by atoms with E-state index in [1.165, 1.54) is 0 Å². The molecule has 0 radical (unpaired) electrons. The molecule has 0 aliphatic carbocycles. The van der Waals surface area contributed by atoms with E-state index < -0.39 is 6.10 Å². The molecule has 0 spiro atoms. The Labute approximate surface area is 143 Å². The molecule has 1 heterocycles. The highest BCUT2D eigenvalue weighted by Gasteiger charge is 2.17. The molecule has 0 bridgehead atoms. The number of hydrogen-bond donors (Lipinski definition) is 2. The van der Waals surface area contributed by atoms with Crippen LogP contribution < -0.4 is 5.32 Å². The van der Waals surface area contributed by atoms with Crippen LogP contribution in [-0.2, 0) is 0 Å². The van der Waals surface area contributed by atoms with Gasteiger partial charge in [0, 0.05) is 12.2 Å². The number of carbonyl (C=O) groups excluding carboxylic acids is 1. The second kappa shape index (κ2) is 8.11. The molecule has 5 heteroatoms. The van der Waals surface area contributed by atoms with Gasteiger partial charge in [-0.2, -0.15) is 5.10 Å². The molecule has 2 N–H and O–H groups in total. The summed E-state index contributed by atoms with van der Waals surface area (Å²) >= 11 is 0. The molecule has 1 aromatic carbocycles. The number of aryl methyl sites for hydroxylation is 2. The molecule has 0 saturated carbocycles. The molecule has 1 unspecified atom stereocenters. The Balaban J connectivity index is 2.01. The van der Waals surface area contributed by atoms with Gasteiger partial charge in [-0.1, -0.05) is 43.7 Å². The number of hydrogen-bond acceptors (Lipinski definition) is 3. The standard InChI is InChI=1S/C19H27N3O2/c1-5-16(6-2)22-14(4)11-17(21-22)19(24)20-12-18(23)15-9-7-8-13(3)10-15/h7-11,16,18,23H,5-6,12H2,1-4H3,(H,20,24). The van der Waals surface area contributed by atoms with Gasteiger partial charge in [0.2, 0.25) is 0 Å². The van der Waals surface area contributed by atoms with Crippen molar-refractivity contribution in [1.82, 2.24) is 15.1 Å². The topological polar surface area (TPSA) is 67.2 Å². The van der Waals surface area contributed by atoms with E-state index in [0.29, 0.717) is 11.7 Å². The van der Waals surface area contributed by atoms with Crippen LogP contribution in [0.1, 0.15) is 66.1 Å². The SMILES string of the molecule is CCC(CC)n1nc(C(=O)NCC(O)c2cccc(C)c2)cc1C. The molecule has 1 atom stereocenters. The highest BCUT2D eigenvalue weighted by molar-refractivity contribution is 5.92. The van der Waals surface area contributed by atoms with Crippen molar-refractivity contribution in [2.24, 2.45) is 0 Å². The van der Waals surface area contributed by atoms with Crippen molar-refractivity contribution >= 4 is 5.91 Å². The molecule has 2 rings (SSSR count). The van der Waals surface area contributed by atoms with Crippen LogP contribution in [-0.4, -0.2) is 27.3 Å². The van der Waals surface area contributed by atoms with Gasteiger partial charge in [0.25, 0.3) is 5.91 Å². The van der Waals surface area contributed by atoms with Gasteiger partial charge >= 0.3 is 0 Å². The maximum atomic E-state index is 12.3. The molecule has 5 nitrogen and oxygen atoms in total. The first-order valence-corrected chi connectivity index (χ1v) is 8.55. The normalized spacial score (nSPS) is 12.4. The lowest BCUT2D eigenvalue weighted by Gasteiger charge is -2.15. The fraction of sp³-hybridized carbons (Fsp3) is 0.474. The van der Waals surface area contributed by atoms with E-state index in [4.69, 9.17) is 0 Å². The first kappa shape index (κ1) is 18.2. The van der Waals surface area contributed by atoms with Crippen LogP contribution in [0.25, 0.3) is 0 Å². The number of aliphatic hydroxyl groups excluding tert-OH is 1. The second-order valence-electron chi connectivity index (χ2n) is 6.23. The summed E-state index contributed by atoms with van der Waals surface area (Å²) in [5, 5.41) is 17.4. The Morgan fingerprint density at radius 1 is 1.25 bits per heavy atom. The number of amides is 1. The summed E-state index contributed by atoms with van der Waals surface area (Å²) in [7, 11) is 0. The average Bonchev–Trinajstić information content (AvgIpc) is 2.95. The first-order valence-electron chi connectivity index (χ1n) is 8.55. The summed E-state index contributed by atoms with van der Waals surface area (Å²) in [5.74, 6) is -0.255. The third-order valence-electron chi connectivity index (χ3n) is 4.33. The number of carbonyl (C=O) groups is 1. The van der Waals surface area contributed by atoms with Gasteiger partial charge in [-0.05, 0) is 38.3 Å². The number of rotatable bonds is 7. The summed E-state index contributed by atoms with van der Waals surface area (Å²) in [4.78, 5) is 12.3. The molecular formula is C19H27N3O2. The van der Waals surface area contributed by atoms with Gasteiger partial charge in [-0.25, -0.2) is 0 Å². The molecule has 24 heavy (non-hydrogen) atoms. The molecule has 130 valence electrons. The van der Waals surface area contributed by atoms with Crippen LogP contribution >= 0.6 is 0 Å². The zero-order chi connectivity index (χ0) is 17.7. The lowest BCUT2D eigenvalue weighted by molar-refractivity contribution is 0.0910. The third-order valence-corrected chi connectivity index (χ3v) is 4.33. The zero-order valence-corrected chi connectivity index (χ0v) is 14.9. The molecule has 0 saturated heterocycles.